The first-order valence-electron chi connectivity index (χ1n) is 48.4. The van der Waals surface area contributed by atoms with Crippen LogP contribution in [0.5, 0.6) is 23.0 Å². The molecule has 8 aromatic carbocycles. The molecule has 16 rings (SSSR count). The number of phenols is 2. The van der Waals surface area contributed by atoms with Crippen molar-refractivity contribution >= 4 is 82.0 Å². The van der Waals surface area contributed by atoms with E-state index >= 15 is 0 Å². The van der Waals surface area contributed by atoms with Crippen molar-refractivity contribution in [2.75, 3.05) is 154 Å². The zero-order valence-corrected chi connectivity index (χ0v) is 84.3. The Balaban J connectivity index is 0.000000208. The van der Waals surface area contributed by atoms with Gasteiger partial charge in [-0.15, -0.1) is 35.1 Å². The molecule has 0 bridgehead atoms. The SMILES string of the molecule is C.Cc1ncsc1-c1ccc([C@H](C)NC(=O)[C@@H]2C[C@@H](O)CN2C(=O)[C@@H](N)C(C)(C)C)cc1.Cc1ncsc1-c1ccc([C@H](C)NC(=O)[C@@H]2C[C@@H](O)CN2C(=O)[C@@H](NC(=O)COCCN2CCN(CCOc3ccc(C4c5ccc(O)cc5CCN4c4ccccc4)cc3)CC2)C(C)(C)C)cc1.Cl.O=C(O)COCCN1CCN(CCOc2ccc(C3c4ccc(O)cc4CCN3c3ccccc3)cc2)CC1. The molecule has 10 N–H and O–H groups in total. The molecule has 0 spiro atoms. The van der Waals surface area contributed by atoms with E-state index in [0.29, 0.717) is 44.5 Å². The third-order valence-electron chi connectivity index (χ3n) is 27.0. The van der Waals surface area contributed by atoms with Crippen molar-refractivity contribution < 1.29 is 73.2 Å². The van der Waals surface area contributed by atoms with Crippen LogP contribution in [0, 0.1) is 24.7 Å². The molecule has 141 heavy (non-hydrogen) atoms. The fourth-order valence-electron chi connectivity index (χ4n) is 19.0. The zero-order chi connectivity index (χ0) is 98.6. The van der Waals surface area contributed by atoms with E-state index in [1.165, 1.54) is 54.6 Å². The number of piperazine rings is 2. The number of nitrogens with one attached hydrogen (secondary N) is 3. The number of hydrogen-bond acceptors (Lipinski definition) is 25. The molecule has 29 nitrogen and oxygen atoms in total. The average molecular weight is 1990 g/mol. The largest absolute Gasteiger partial charge is 0.508 e. The molecule has 0 radical (unpaired) electrons. The molecule has 4 fully saturated rings. The number of aromatic nitrogens is 2. The summed E-state index contributed by atoms with van der Waals surface area (Å²) in [5.74, 6) is -0.378. The minimum Gasteiger partial charge on any atom is -0.508 e. The average Bonchev–Trinajstić information content (AvgIpc) is 1.50. The van der Waals surface area contributed by atoms with Gasteiger partial charge in [0.2, 0.25) is 29.5 Å². The number of nitrogens with zero attached hydrogens (tertiary/aromatic N) is 10. The second-order valence-electron chi connectivity index (χ2n) is 39.1. The first-order chi connectivity index (χ1) is 66.8. The van der Waals surface area contributed by atoms with Crippen molar-refractivity contribution in [3.63, 3.8) is 0 Å². The molecule has 10 aromatic rings. The maximum atomic E-state index is 14.1. The number of anilines is 2. The number of thiazole rings is 2. The van der Waals surface area contributed by atoms with Crippen LogP contribution in [0.2, 0.25) is 0 Å². The molecule has 756 valence electrons. The Labute approximate surface area is 843 Å². The predicted molar refractivity (Wildman–Crippen MR) is 557 cm³/mol. The number of likely N-dealkylation sites (tertiary alicyclic amines) is 2. The standard InChI is InChI=1S/C54H67N7O7S.C31H37N3O5.C23H32N4O3S.CH4.ClH/c1-36(38-11-13-40(14-12-38)50-37(2)55-35-69-50)56-52(65)47-32-44(63)33-61(47)53(66)51(54(3,4)5)57-48(64)34-67-29-27-58-23-25-59(26-24-58)28-30-68-45-18-15-39(16-19-45)49-46-20-17-43(62)31-41(46)21-22-60(49)42-9-7-6-8-10-42;35-27-8-11-29-25(22-27)12-13-34(26-4-2-1-3-5-26)31(29)24-6-9-28(10-7-24)39-21-19-33-16-14-32(15-17-33)18-20-38-23-30(36)37;1-13(15-6-8-16(9-7-15)19-14(2)25-12-31-19)26-21(29)18-10-17(28)11-27(18)22(30)20(24)23(3,4)5;;/h6-20,31,35-36,44,47,49,51,62-63H,21-30,32-34H2,1-5H3,(H,56,65)(H,57,64);1-11,22,31,35H,12-21,23H2,(H,36,37);6-9,12-13,17-18,20,28H,10-11,24H2,1-5H3,(H,26,29);1H4;1H/t36-,44+,47-,49?,51+;;13-,17+,18-,20+;;/m0.0../s1. The molecule has 8 heterocycles. The lowest BCUT2D eigenvalue weighted by atomic mass is 9.85. The summed E-state index contributed by atoms with van der Waals surface area (Å²) in [5.41, 5.74) is 24.2. The van der Waals surface area contributed by atoms with Gasteiger partial charge in [-0.2, -0.15) is 0 Å². The Morgan fingerprint density at radius 2 is 0.851 bits per heavy atom. The summed E-state index contributed by atoms with van der Waals surface area (Å²) in [6, 6.07) is 61.5. The molecule has 6 aliphatic rings. The summed E-state index contributed by atoms with van der Waals surface area (Å²) in [6.07, 6.45) is 0.487. The van der Waals surface area contributed by atoms with Crippen molar-refractivity contribution in [2.45, 2.75) is 163 Å². The Bertz CT molecular complexity index is 5700. The molecule has 2 aromatic heterocycles. The van der Waals surface area contributed by atoms with Gasteiger partial charge in [-0.25, -0.2) is 14.8 Å². The molecular formula is C109H141ClN14O15S2. The summed E-state index contributed by atoms with van der Waals surface area (Å²) in [5, 5.41) is 58.6. The van der Waals surface area contributed by atoms with Gasteiger partial charge in [0.05, 0.1) is 87.8 Å². The van der Waals surface area contributed by atoms with E-state index in [1.807, 2.05) is 159 Å². The van der Waals surface area contributed by atoms with Crippen LogP contribution in [0.3, 0.4) is 0 Å². The molecular weight excluding hydrogens is 1840 g/mol. The van der Waals surface area contributed by atoms with Gasteiger partial charge in [0.15, 0.2) is 0 Å². The highest BCUT2D eigenvalue weighted by Gasteiger charge is 2.47. The minimum absolute atomic E-state index is 0. The van der Waals surface area contributed by atoms with Crippen molar-refractivity contribution in [1.82, 2.24) is 55.3 Å². The van der Waals surface area contributed by atoms with Crippen molar-refractivity contribution in [1.29, 1.82) is 0 Å². The molecule has 0 saturated carbocycles. The number of amides is 5. The monoisotopic (exact) mass is 1980 g/mol. The number of aliphatic carboxylic acids is 1. The van der Waals surface area contributed by atoms with Crippen molar-refractivity contribution in [3.8, 4) is 43.9 Å². The lowest BCUT2D eigenvalue weighted by Crippen LogP contribution is -2.58. The van der Waals surface area contributed by atoms with E-state index in [9.17, 15) is 49.2 Å². The topological polar surface area (TPSA) is 354 Å². The second-order valence-corrected chi connectivity index (χ2v) is 40.8. The number of carbonyl (C=O) groups excluding carboxylic acids is 5. The van der Waals surface area contributed by atoms with Crippen LogP contribution in [-0.4, -0.2) is 281 Å². The van der Waals surface area contributed by atoms with Crippen LogP contribution in [0.1, 0.15) is 156 Å². The first-order valence-corrected chi connectivity index (χ1v) is 50.2. The zero-order valence-electron chi connectivity index (χ0n) is 81.9. The number of ether oxygens (including phenoxy) is 4. The number of halogens is 1. The molecule has 32 heteroatoms. The third kappa shape index (κ3) is 29.0. The number of aliphatic hydroxyl groups is 2. The quantitative estimate of drug-likeness (QED) is 0.0173. The summed E-state index contributed by atoms with van der Waals surface area (Å²) in [6.45, 7) is 32.9. The summed E-state index contributed by atoms with van der Waals surface area (Å²) in [4.78, 5) is 105. The highest BCUT2D eigenvalue weighted by atomic mass is 35.5. The third-order valence-corrected chi connectivity index (χ3v) is 29.0. The van der Waals surface area contributed by atoms with Gasteiger partial charge >= 0.3 is 5.97 Å². The Kier molecular flexibility index (Phi) is 38.8. The van der Waals surface area contributed by atoms with E-state index in [-0.39, 0.29) is 101 Å². The van der Waals surface area contributed by atoms with Crippen molar-refractivity contribution in [2.24, 2.45) is 16.6 Å². The van der Waals surface area contributed by atoms with Crippen LogP contribution in [0.4, 0.5) is 11.4 Å². The molecule has 4 saturated heterocycles. The maximum Gasteiger partial charge on any atom is 0.329 e. The van der Waals surface area contributed by atoms with E-state index in [2.05, 4.69) is 158 Å². The van der Waals surface area contributed by atoms with Gasteiger partial charge in [0.25, 0.3) is 0 Å². The van der Waals surface area contributed by atoms with Crippen molar-refractivity contribution in [3.05, 3.63) is 261 Å². The second kappa shape index (κ2) is 50.5. The lowest BCUT2D eigenvalue weighted by Gasteiger charge is -2.39. The Morgan fingerprint density at radius 1 is 0.475 bits per heavy atom. The summed E-state index contributed by atoms with van der Waals surface area (Å²) < 4.78 is 23.3. The number of aliphatic hydroxyl groups excluding tert-OH is 2. The number of aromatic hydroxyl groups is 2. The number of hydrogen-bond donors (Lipinski definition) is 9. The van der Waals surface area contributed by atoms with E-state index < -0.39 is 65.0 Å². The maximum absolute atomic E-state index is 14.1. The molecule has 6 aliphatic heterocycles. The van der Waals surface area contributed by atoms with Crippen LogP contribution in [0.15, 0.2) is 205 Å². The number of nitrogens with two attached hydrogens (primary N) is 1. The number of carboxylic acids is 1. The highest BCUT2D eigenvalue weighted by molar-refractivity contribution is 7.13. The number of phenolic OH excluding ortho intramolecular Hbond substituents is 2. The fraction of sp³-hybridized carbons (Fsp3) is 0.450. The minimum atomic E-state index is -0.937. The molecule has 5 amide bonds. The molecule has 10 atom stereocenters. The smallest absolute Gasteiger partial charge is 0.329 e. The number of carbonyl (C=O) groups is 6. The number of para-hydroxylation sites is 2. The number of fused-ring (bicyclic) bond motifs is 2. The van der Waals surface area contributed by atoms with Crippen LogP contribution in [0.25, 0.3) is 20.9 Å². The number of aryl methyl sites for hydroxylation is 2. The first kappa shape index (κ1) is 108. The Morgan fingerprint density at radius 3 is 1.21 bits per heavy atom. The number of rotatable bonds is 33. The summed E-state index contributed by atoms with van der Waals surface area (Å²) >= 11 is 3.18. The van der Waals surface area contributed by atoms with Crippen LogP contribution >= 0.6 is 35.1 Å². The van der Waals surface area contributed by atoms with Gasteiger partial charge in [0.1, 0.15) is 67.6 Å². The number of β-amino-alcohol motifs (C(OH)–C–C–N with tert-alkyl or cyclic N) is 2. The summed E-state index contributed by atoms with van der Waals surface area (Å²) in [7, 11) is 0. The van der Waals surface area contributed by atoms with Gasteiger partial charge in [-0.05, 0) is 180 Å². The fourth-order valence-corrected chi connectivity index (χ4v) is 20.6. The highest BCUT2D eigenvalue weighted by Crippen LogP contribution is 2.43. The van der Waals surface area contributed by atoms with Gasteiger partial charge in [-0.3, -0.25) is 43.6 Å². The Hall–Kier alpha value is -11.4. The van der Waals surface area contributed by atoms with Gasteiger partial charge < -0.3 is 85.8 Å². The predicted octanol–water partition coefficient (Wildman–Crippen LogP) is 13.7. The van der Waals surface area contributed by atoms with Gasteiger partial charge in [-0.1, -0.05) is 170 Å². The molecule has 2 unspecified atom stereocenters. The van der Waals surface area contributed by atoms with E-state index in [4.69, 9.17) is 29.8 Å². The number of carboxylic acid groups (broad SMARTS) is 1. The van der Waals surface area contributed by atoms with Gasteiger partial charge in [0, 0.05) is 129 Å². The van der Waals surface area contributed by atoms with E-state index in [0.717, 1.165) is 153 Å². The van der Waals surface area contributed by atoms with Crippen LogP contribution in [-0.2, 0) is 51.1 Å². The normalized spacial score (nSPS) is 19.3. The van der Waals surface area contributed by atoms with E-state index in [1.54, 1.807) is 34.8 Å². The van der Waals surface area contributed by atoms with Crippen LogP contribution < -0.4 is 41.0 Å². The molecule has 0 aliphatic carbocycles. The lowest BCUT2D eigenvalue weighted by molar-refractivity contribution is -0.144. The number of benzene rings is 8.